The van der Waals surface area contributed by atoms with Gasteiger partial charge in [-0.05, 0) is 36.9 Å². The number of benzene rings is 1. The molecule has 2 fully saturated rings. The van der Waals surface area contributed by atoms with E-state index in [1.807, 2.05) is 42.5 Å². The Bertz CT molecular complexity index is 1880. The van der Waals surface area contributed by atoms with Crippen molar-refractivity contribution in [2.75, 3.05) is 16.9 Å². The van der Waals surface area contributed by atoms with Gasteiger partial charge in [0.2, 0.25) is 5.95 Å². The third-order valence-corrected chi connectivity index (χ3v) is 9.13. The molecule has 2 aliphatic heterocycles. The zero-order valence-corrected chi connectivity index (χ0v) is 22.4. The number of rotatable bonds is 5. The number of hydrogen-bond donors (Lipinski definition) is 2. The molecule has 0 amide bonds. The van der Waals surface area contributed by atoms with Crippen LogP contribution in [-0.2, 0) is 9.84 Å². The lowest BCUT2D eigenvalue weighted by molar-refractivity contribution is 0.370. The third-order valence-electron chi connectivity index (χ3n) is 7.97. The molecule has 6 heterocycles. The minimum atomic E-state index is -3.72. The Morgan fingerprint density at radius 3 is 2.40 bits per heavy atom. The molecule has 5 aromatic rings. The van der Waals surface area contributed by atoms with Crippen molar-refractivity contribution in [3.05, 3.63) is 71.1 Å². The van der Waals surface area contributed by atoms with Crippen LogP contribution < -0.4 is 16.4 Å². The van der Waals surface area contributed by atoms with Gasteiger partial charge >= 0.3 is 5.76 Å². The summed E-state index contributed by atoms with van der Waals surface area (Å²) in [5, 5.41) is 8.30. The van der Waals surface area contributed by atoms with Crippen LogP contribution in [-0.4, -0.2) is 56.5 Å². The molecule has 3 atom stereocenters. The van der Waals surface area contributed by atoms with Gasteiger partial charge in [-0.2, -0.15) is 9.61 Å². The minimum absolute atomic E-state index is 0.0138. The van der Waals surface area contributed by atoms with E-state index in [1.165, 1.54) is 4.52 Å². The van der Waals surface area contributed by atoms with Gasteiger partial charge in [-0.15, -0.1) is 0 Å². The van der Waals surface area contributed by atoms with Crippen LogP contribution in [0.3, 0.4) is 0 Å². The third kappa shape index (κ3) is 3.96. The summed E-state index contributed by atoms with van der Waals surface area (Å²) in [5.41, 5.74) is 10.8. The monoisotopic (exact) mass is 558 g/mol. The first kappa shape index (κ1) is 24.5. The molecule has 3 N–H and O–H groups in total. The Morgan fingerprint density at radius 1 is 1.02 bits per heavy atom. The second-order valence-electron chi connectivity index (χ2n) is 10.5. The van der Waals surface area contributed by atoms with Crippen LogP contribution in [0.1, 0.15) is 37.3 Å². The van der Waals surface area contributed by atoms with Crippen LogP contribution in [0.2, 0.25) is 0 Å². The summed E-state index contributed by atoms with van der Waals surface area (Å²) < 4.78 is 32.2. The Morgan fingerprint density at radius 2 is 1.77 bits per heavy atom. The van der Waals surface area contributed by atoms with E-state index in [9.17, 15) is 13.2 Å². The quantitative estimate of drug-likeness (QED) is 0.327. The van der Waals surface area contributed by atoms with Crippen LogP contribution in [0, 0.1) is 0 Å². The van der Waals surface area contributed by atoms with E-state index >= 15 is 0 Å². The van der Waals surface area contributed by atoms with E-state index < -0.39 is 15.6 Å². The topological polar surface area (TPSA) is 165 Å². The number of aromatic nitrogens is 6. The molecular weight excluding hydrogens is 532 g/mol. The highest BCUT2D eigenvalue weighted by Crippen LogP contribution is 2.46. The lowest BCUT2D eigenvalue weighted by Crippen LogP contribution is -2.43. The fraction of sp³-hybridized carbons (Fsp3) is 0.296. The number of nitrogens with zero attached hydrogens (tertiary/aromatic N) is 6. The van der Waals surface area contributed by atoms with Crippen molar-refractivity contribution in [3.63, 3.8) is 0 Å². The Balaban J connectivity index is 1.30. The molecule has 0 saturated carbocycles. The summed E-state index contributed by atoms with van der Waals surface area (Å²) in [6, 6.07) is 13.9. The highest BCUT2D eigenvalue weighted by Gasteiger charge is 2.44. The molecule has 0 radical (unpaired) electrons. The van der Waals surface area contributed by atoms with Crippen LogP contribution >= 0.6 is 0 Å². The van der Waals surface area contributed by atoms with Crippen molar-refractivity contribution < 1.29 is 12.9 Å². The predicted octanol–water partition coefficient (Wildman–Crippen LogP) is 3.04. The number of hydrogen-bond acceptors (Lipinski definition) is 10. The van der Waals surface area contributed by atoms with Gasteiger partial charge < -0.3 is 10.6 Å². The van der Waals surface area contributed by atoms with Gasteiger partial charge in [-0.25, -0.2) is 18.2 Å². The van der Waals surface area contributed by atoms with Crippen molar-refractivity contribution in [1.82, 2.24) is 29.7 Å². The summed E-state index contributed by atoms with van der Waals surface area (Å²) in [6.07, 6.45) is 7.59. The molecule has 0 spiro atoms. The summed E-state index contributed by atoms with van der Waals surface area (Å²) in [4.78, 5) is 25.9. The van der Waals surface area contributed by atoms with Gasteiger partial charge in [-0.3, -0.25) is 14.5 Å². The summed E-state index contributed by atoms with van der Waals surface area (Å²) in [5.74, 6) is -0.314. The molecule has 13 heteroatoms. The molecule has 0 aliphatic carbocycles. The molecular formula is C27H26N8O4S. The number of nitrogens with two attached hydrogens (primary N) is 1. The number of sulfone groups is 1. The molecule has 7 rings (SSSR count). The summed E-state index contributed by atoms with van der Waals surface area (Å²) in [6.45, 7) is 0. The maximum absolute atomic E-state index is 13.0. The second-order valence-corrected chi connectivity index (χ2v) is 12.4. The average Bonchev–Trinajstić information content (AvgIpc) is 3.63. The normalized spacial score (nSPS) is 20.8. The summed E-state index contributed by atoms with van der Waals surface area (Å²) in [7, 11) is -3.72. The highest BCUT2D eigenvalue weighted by molar-refractivity contribution is 7.91. The average molecular weight is 559 g/mol. The minimum Gasteiger partial charge on any atom is -0.382 e. The van der Waals surface area contributed by atoms with E-state index in [-0.39, 0.29) is 28.7 Å². The largest absolute Gasteiger partial charge is 0.440 e. The van der Waals surface area contributed by atoms with Gasteiger partial charge in [0.15, 0.2) is 15.5 Å². The molecule has 204 valence electrons. The molecule has 2 bridgehead atoms. The van der Waals surface area contributed by atoms with Gasteiger partial charge in [0.25, 0.3) is 0 Å². The number of anilines is 2. The van der Waals surface area contributed by atoms with Gasteiger partial charge in [0, 0.05) is 47.1 Å². The number of fused-ring (bicyclic) bond motifs is 3. The number of piperidine rings is 1. The van der Waals surface area contributed by atoms with Crippen LogP contribution in [0.15, 0.2) is 69.1 Å². The fourth-order valence-electron chi connectivity index (χ4n) is 6.29. The Labute approximate surface area is 228 Å². The van der Waals surface area contributed by atoms with Crippen LogP contribution in [0.4, 0.5) is 11.8 Å². The number of nitrogens with one attached hydrogen (secondary N) is 1. The molecule has 1 aromatic carbocycles. The predicted molar refractivity (Wildman–Crippen MR) is 148 cm³/mol. The fourth-order valence-corrected chi connectivity index (χ4v) is 7.35. The van der Waals surface area contributed by atoms with Crippen molar-refractivity contribution in [1.29, 1.82) is 0 Å². The molecule has 12 nitrogen and oxygen atoms in total. The maximum atomic E-state index is 13.0. The lowest BCUT2D eigenvalue weighted by Gasteiger charge is -2.38. The standard InChI is InChI=1S/C27H26N8O4S/c1-40(37,38)23-22(17-11-18-8-9-19(12-17)34(18)26-32-27(36)39-33-26)31-25-20(14-30-35(25)24(23)28)16-7-10-21(29-13-16)15-5-3-2-4-6-15/h2-7,10,13-14,17-19H,8-9,11-12,28H2,1H3,(H,32,33,36)/t17-,18+,19-. The zero-order chi connectivity index (χ0) is 27.6. The van der Waals surface area contributed by atoms with E-state index in [1.54, 1.807) is 12.4 Å². The van der Waals surface area contributed by atoms with E-state index in [0.29, 0.717) is 35.7 Å². The molecule has 0 unspecified atom stereocenters. The zero-order valence-electron chi connectivity index (χ0n) is 21.6. The van der Waals surface area contributed by atoms with Crippen LogP contribution in [0.25, 0.3) is 28.0 Å². The molecule has 4 aromatic heterocycles. The first-order valence-corrected chi connectivity index (χ1v) is 14.9. The maximum Gasteiger partial charge on any atom is 0.440 e. The second kappa shape index (κ2) is 9.01. The van der Waals surface area contributed by atoms with Crippen LogP contribution in [0.5, 0.6) is 0 Å². The Kier molecular flexibility index (Phi) is 5.52. The van der Waals surface area contributed by atoms with Crippen molar-refractivity contribution >= 4 is 27.3 Å². The van der Waals surface area contributed by atoms with Crippen molar-refractivity contribution in [2.24, 2.45) is 0 Å². The van der Waals surface area contributed by atoms with Crippen molar-refractivity contribution in [3.8, 4) is 22.4 Å². The lowest BCUT2D eigenvalue weighted by atomic mass is 9.88. The van der Waals surface area contributed by atoms with Gasteiger partial charge in [0.1, 0.15) is 10.7 Å². The van der Waals surface area contributed by atoms with E-state index in [4.69, 9.17) is 15.2 Å². The molecule has 2 saturated heterocycles. The number of H-pyrrole nitrogens is 1. The number of nitrogen functional groups attached to an aromatic ring is 1. The van der Waals surface area contributed by atoms with E-state index in [0.717, 1.165) is 35.9 Å². The van der Waals surface area contributed by atoms with Gasteiger partial charge in [0.05, 0.1) is 17.6 Å². The Hall–Kier alpha value is -4.52. The highest BCUT2D eigenvalue weighted by atomic mass is 32.2. The van der Waals surface area contributed by atoms with Gasteiger partial charge in [-0.1, -0.05) is 36.4 Å². The first-order valence-electron chi connectivity index (χ1n) is 13.0. The van der Waals surface area contributed by atoms with Crippen molar-refractivity contribution in [2.45, 2.75) is 48.6 Å². The number of aromatic amines is 1. The number of pyridine rings is 1. The molecule has 2 aliphatic rings. The molecule has 40 heavy (non-hydrogen) atoms. The first-order chi connectivity index (χ1) is 19.3. The summed E-state index contributed by atoms with van der Waals surface area (Å²) >= 11 is 0. The smallest absolute Gasteiger partial charge is 0.382 e. The van der Waals surface area contributed by atoms with E-state index in [2.05, 4.69) is 25.1 Å². The SMILES string of the molecule is CS(=O)(=O)c1c([C@H]2C[C@H]3CC[C@@H](C2)N3c2noc(=O)[nH]2)nc2c(-c3ccc(-c4ccccc4)nc3)cnn2c1N.